The summed E-state index contributed by atoms with van der Waals surface area (Å²) in [6, 6.07) is 0. The van der Waals surface area contributed by atoms with Gasteiger partial charge in [-0.2, -0.15) is 0 Å². The number of aromatic nitrogens is 2. The van der Waals surface area contributed by atoms with Gasteiger partial charge in [0.1, 0.15) is 0 Å². The van der Waals surface area contributed by atoms with Gasteiger partial charge in [0, 0.05) is 25.5 Å². The summed E-state index contributed by atoms with van der Waals surface area (Å²) in [5.74, 6) is 2.08. The Morgan fingerprint density at radius 2 is 2.40 bits per heavy atom. The molecule has 0 aromatic carbocycles. The van der Waals surface area contributed by atoms with E-state index >= 15 is 0 Å². The van der Waals surface area contributed by atoms with E-state index < -0.39 is 0 Å². The predicted octanol–water partition coefficient (Wildman–Crippen LogP) is 2.90. The molecule has 0 spiro atoms. The Hall–Kier alpha value is -0.990. The highest BCUT2D eigenvalue weighted by Gasteiger charge is 2.20. The molecule has 0 aliphatic heterocycles. The summed E-state index contributed by atoms with van der Waals surface area (Å²) in [6.45, 7) is 4.30. The van der Waals surface area contributed by atoms with E-state index in [2.05, 4.69) is 28.0 Å². The maximum Gasteiger partial charge on any atom is 0.202 e. The molecule has 1 aliphatic rings. The summed E-state index contributed by atoms with van der Waals surface area (Å²) in [4.78, 5) is 4.32. The van der Waals surface area contributed by atoms with Gasteiger partial charge in [-0.05, 0) is 25.2 Å². The van der Waals surface area contributed by atoms with Crippen LogP contribution in [0.2, 0.25) is 0 Å². The van der Waals surface area contributed by atoms with Crippen molar-refractivity contribution in [3.8, 4) is 0 Å². The molecule has 15 heavy (non-hydrogen) atoms. The molecule has 2 rings (SSSR count). The van der Waals surface area contributed by atoms with Crippen LogP contribution in [0.1, 0.15) is 39.0 Å². The highest BCUT2D eigenvalue weighted by atomic mass is 15.2. The summed E-state index contributed by atoms with van der Waals surface area (Å²) in [5.41, 5.74) is 0. The molecule has 1 aromatic heterocycles. The third-order valence-electron chi connectivity index (χ3n) is 2.96. The quantitative estimate of drug-likeness (QED) is 0.745. The van der Waals surface area contributed by atoms with Gasteiger partial charge in [-0.25, -0.2) is 4.98 Å². The fraction of sp³-hybridized carbons (Fsp3) is 0.750. The van der Waals surface area contributed by atoms with Crippen molar-refractivity contribution in [2.45, 2.75) is 45.6 Å². The molecule has 84 valence electrons. The first-order valence-corrected chi connectivity index (χ1v) is 6.15. The second-order valence-corrected chi connectivity index (χ2v) is 4.46. The summed E-state index contributed by atoms with van der Waals surface area (Å²) < 4.78 is 2.23. The first kappa shape index (κ1) is 10.5. The Morgan fingerprint density at radius 1 is 1.53 bits per heavy atom. The van der Waals surface area contributed by atoms with Crippen LogP contribution in [0.4, 0.5) is 5.95 Å². The number of rotatable bonds is 7. The minimum absolute atomic E-state index is 1.01. The number of hydrogen-bond donors (Lipinski definition) is 1. The third-order valence-corrected chi connectivity index (χ3v) is 2.96. The SMILES string of the molecule is CCCNc1nccn1CCCC1CC1. The fourth-order valence-corrected chi connectivity index (χ4v) is 1.85. The third kappa shape index (κ3) is 3.26. The normalized spacial score (nSPS) is 15.5. The lowest BCUT2D eigenvalue weighted by Gasteiger charge is -2.08. The number of aryl methyl sites for hydroxylation is 1. The minimum atomic E-state index is 1.01. The molecule has 3 nitrogen and oxygen atoms in total. The first-order chi connectivity index (χ1) is 7.40. The van der Waals surface area contributed by atoms with Crippen molar-refractivity contribution in [3.63, 3.8) is 0 Å². The van der Waals surface area contributed by atoms with Crippen LogP contribution < -0.4 is 5.32 Å². The fourth-order valence-electron chi connectivity index (χ4n) is 1.85. The summed E-state index contributed by atoms with van der Waals surface area (Å²) >= 11 is 0. The Bertz CT molecular complexity index is 289. The maximum atomic E-state index is 4.32. The van der Waals surface area contributed by atoms with E-state index in [0.717, 1.165) is 31.4 Å². The van der Waals surface area contributed by atoms with Crippen LogP contribution in [0.5, 0.6) is 0 Å². The highest BCUT2D eigenvalue weighted by Crippen LogP contribution is 2.33. The average Bonchev–Trinajstić information content (AvgIpc) is 2.95. The van der Waals surface area contributed by atoms with Crippen LogP contribution in [0.25, 0.3) is 0 Å². The number of imidazole rings is 1. The van der Waals surface area contributed by atoms with Gasteiger partial charge in [0.2, 0.25) is 5.95 Å². The molecule has 1 saturated carbocycles. The topological polar surface area (TPSA) is 29.9 Å². The van der Waals surface area contributed by atoms with Gasteiger partial charge in [-0.15, -0.1) is 0 Å². The highest BCUT2D eigenvalue weighted by molar-refractivity contribution is 5.25. The van der Waals surface area contributed by atoms with Crippen molar-refractivity contribution in [2.75, 3.05) is 11.9 Å². The number of anilines is 1. The van der Waals surface area contributed by atoms with Gasteiger partial charge in [0.25, 0.3) is 0 Å². The molecule has 3 heteroatoms. The predicted molar refractivity (Wildman–Crippen MR) is 63.0 cm³/mol. The second-order valence-electron chi connectivity index (χ2n) is 4.46. The first-order valence-electron chi connectivity index (χ1n) is 6.15. The molecular formula is C12H21N3. The Labute approximate surface area is 91.9 Å². The van der Waals surface area contributed by atoms with Crippen molar-refractivity contribution in [2.24, 2.45) is 5.92 Å². The zero-order valence-corrected chi connectivity index (χ0v) is 9.58. The molecular weight excluding hydrogens is 186 g/mol. The number of nitrogens with one attached hydrogen (secondary N) is 1. The van der Waals surface area contributed by atoms with Crippen molar-refractivity contribution in [1.29, 1.82) is 0 Å². The van der Waals surface area contributed by atoms with E-state index in [9.17, 15) is 0 Å². The van der Waals surface area contributed by atoms with Crippen LogP contribution in [0, 0.1) is 5.92 Å². The number of nitrogens with zero attached hydrogens (tertiary/aromatic N) is 2. The largest absolute Gasteiger partial charge is 0.356 e. The van der Waals surface area contributed by atoms with E-state index in [4.69, 9.17) is 0 Å². The Kier molecular flexibility index (Phi) is 3.64. The molecule has 0 radical (unpaired) electrons. The van der Waals surface area contributed by atoms with Crippen LogP contribution in [-0.4, -0.2) is 16.1 Å². The summed E-state index contributed by atoms with van der Waals surface area (Å²) in [6.07, 6.45) is 10.7. The average molecular weight is 207 g/mol. The van der Waals surface area contributed by atoms with E-state index in [1.807, 2.05) is 6.20 Å². The van der Waals surface area contributed by atoms with Crippen LogP contribution in [0.3, 0.4) is 0 Å². The van der Waals surface area contributed by atoms with Gasteiger partial charge in [-0.3, -0.25) is 0 Å². The molecule has 0 bridgehead atoms. The smallest absolute Gasteiger partial charge is 0.202 e. The lowest BCUT2D eigenvalue weighted by Crippen LogP contribution is -2.08. The molecule has 1 aliphatic carbocycles. The van der Waals surface area contributed by atoms with E-state index in [1.165, 1.54) is 25.7 Å². The zero-order chi connectivity index (χ0) is 10.5. The van der Waals surface area contributed by atoms with Crippen LogP contribution in [-0.2, 0) is 6.54 Å². The molecule has 1 N–H and O–H groups in total. The van der Waals surface area contributed by atoms with Crippen molar-refractivity contribution in [1.82, 2.24) is 9.55 Å². The molecule has 0 atom stereocenters. The lowest BCUT2D eigenvalue weighted by molar-refractivity contribution is 0.579. The second kappa shape index (κ2) is 5.19. The standard InChI is InChI=1S/C12H21N3/c1-2-7-13-12-14-8-10-15(12)9-3-4-11-5-6-11/h8,10-11H,2-7,9H2,1H3,(H,13,14). The van der Waals surface area contributed by atoms with Crippen molar-refractivity contribution >= 4 is 5.95 Å². The van der Waals surface area contributed by atoms with Crippen molar-refractivity contribution in [3.05, 3.63) is 12.4 Å². The zero-order valence-electron chi connectivity index (χ0n) is 9.58. The molecule has 1 heterocycles. The Morgan fingerprint density at radius 3 is 3.13 bits per heavy atom. The number of hydrogen-bond acceptors (Lipinski definition) is 2. The molecule has 1 aromatic rings. The molecule has 0 unspecified atom stereocenters. The lowest BCUT2D eigenvalue weighted by atomic mass is 10.2. The monoisotopic (exact) mass is 207 g/mol. The van der Waals surface area contributed by atoms with E-state index in [-0.39, 0.29) is 0 Å². The van der Waals surface area contributed by atoms with Crippen molar-refractivity contribution < 1.29 is 0 Å². The maximum absolute atomic E-state index is 4.32. The summed E-state index contributed by atoms with van der Waals surface area (Å²) in [7, 11) is 0. The van der Waals surface area contributed by atoms with Crippen LogP contribution in [0.15, 0.2) is 12.4 Å². The van der Waals surface area contributed by atoms with Gasteiger partial charge >= 0.3 is 0 Å². The van der Waals surface area contributed by atoms with Gasteiger partial charge in [0.05, 0.1) is 0 Å². The van der Waals surface area contributed by atoms with Gasteiger partial charge in [-0.1, -0.05) is 19.8 Å². The van der Waals surface area contributed by atoms with E-state index in [0.29, 0.717) is 0 Å². The molecule has 0 saturated heterocycles. The molecule has 0 amide bonds. The Balaban J connectivity index is 1.75. The summed E-state index contributed by atoms with van der Waals surface area (Å²) in [5, 5.41) is 3.35. The van der Waals surface area contributed by atoms with Gasteiger partial charge < -0.3 is 9.88 Å². The molecule has 1 fully saturated rings. The van der Waals surface area contributed by atoms with Crippen LogP contribution >= 0.6 is 0 Å². The van der Waals surface area contributed by atoms with E-state index in [1.54, 1.807) is 0 Å². The minimum Gasteiger partial charge on any atom is -0.356 e. The van der Waals surface area contributed by atoms with Gasteiger partial charge in [0.15, 0.2) is 0 Å².